The monoisotopic (exact) mass is 461 g/mol. The number of hydrogen-bond donors (Lipinski definition) is 2. The van der Waals surface area contributed by atoms with Gasteiger partial charge in [-0.25, -0.2) is 0 Å². The lowest BCUT2D eigenvalue weighted by atomic mass is 9.94. The summed E-state index contributed by atoms with van der Waals surface area (Å²) < 4.78 is 21.2. The maximum Gasteiger partial charge on any atom is 0.180 e. The van der Waals surface area contributed by atoms with Crippen LogP contribution in [0.5, 0.6) is 0 Å². The minimum Gasteiger partial charge on any atom is -0.393 e. The molecule has 0 rings (SSSR count). The predicted molar refractivity (Wildman–Crippen MR) is 129 cm³/mol. The van der Waals surface area contributed by atoms with Gasteiger partial charge >= 0.3 is 0 Å². The SMILES string of the molecule is CCC(OC)C(C)CCC(O)C/C=C/C=C(\C)CC(CC(OC)C(O)OC)OC.CN=O. The van der Waals surface area contributed by atoms with Crippen molar-refractivity contribution in [3.8, 4) is 0 Å². The highest BCUT2D eigenvalue weighted by Crippen LogP contribution is 2.19. The first kappa shape index (κ1) is 33.0. The Morgan fingerprint density at radius 2 is 1.59 bits per heavy atom. The normalized spacial score (nSPS) is 17.8. The van der Waals surface area contributed by atoms with Gasteiger partial charge in [0.15, 0.2) is 6.29 Å². The highest BCUT2D eigenvalue weighted by atomic mass is 16.6. The zero-order valence-corrected chi connectivity index (χ0v) is 21.3. The molecule has 8 heteroatoms. The maximum atomic E-state index is 10.2. The Hall–Kier alpha value is -1.16. The number of rotatable bonds is 17. The fourth-order valence-electron chi connectivity index (χ4n) is 3.46. The van der Waals surface area contributed by atoms with Gasteiger partial charge in [-0.05, 0) is 44.9 Å². The molecule has 0 aliphatic heterocycles. The lowest BCUT2D eigenvalue weighted by Gasteiger charge is -2.24. The number of aliphatic hydroxyl groups excluding tert-OH is 2. The number of methoxy groups -OCH3 is 4. The van der Waals surface area contributed by atoms with Crippen LogP contribution >= 0.6 is 0 Å². The van der Waals surface area contributed by atoms with Crippen molar-refractivity contribution in [2.45, 2.75) is 90.0 Å². The maximum absolute atomic E-state index is 10.2. The summed E-state index contributed by atoms with van der Waals surface area (Å²) in [6.45, 7) is 6.35. The average Bonchev–Trinajstić information content (AvgIpc) is 2.78. The molecule has 0 aliphatic carbocycles. The number of aliphatic hydroxyl groups is 2. The van der Waals surface area contributed by atoms with Crippen LogP contribution in [0.2, 0.25) is 0 Å². The lowest BCUT2D eigenvalue weighted by Crippen LogP contribution is -2.33. The van der Waals surface area contributed by atoms with Crippen LogP contribution in [-0.4, -0.2) is 76.4 Å². The van der Waals surface area contributed by atoms with Crippen LogP contribution in [0.1, 0.15) is 59.3 Å². The van der Waals surface area contributed by atoms with E-state index in [-0.39, 0.29) is 18.3 Å². The van der Waals surface area contributed by atoms with E-state index in [2.05, 4.69) is 19.0 Å². The second-order valence-electron chi connectivity index (χ2n) is 7.95. The summed E-state index contributed by atoms with van der Waals surface area (Å²) in [4.78, 5) is 8.56. The Kier molecular flexibility index (Phi) is 22.4. The summed E-state index contributed by atoms with van der Waals surface area (Å²) in [7, 11) is 7.60. The Morgan fingerprint density at radius 1 is 1.00 bits per heavy atom. The Labute approximate surface area is 194 Å². The number of nitroso groups, excluding NO2 is 1. The molecule has 0 saturated heterocycles. The van der Waals surface area contributed by atoms with Gasteiger partial charge in [-0.15, -0.1) is 0 Å². The van der Waals surface area contributed by atoms with Crippen molar-refractivity contribution in [2.75, 3.05) is 35.5 Å². The molecule has 190 valence electrons. The van der Waals surface area contributed by atoms with E-state index >= 15 is 0 Å². The molecule has 0 bridgehead atoms. The molecule has 0 saturated carbocycles. The summed E-state index contributed by atoms with van der Waals surface area (Å²) in [5.41, 5.74) is 1.16. The van der Waals surface area contributed by atoms with E-state index in [1.807, 2.05) is 25.2 Å². The molecule has 0 aromatic heterocycles. The molecule has 0 aromatic carbocycles. The van der Waals surface area contributed by atoms with Crippen molar-refractivity contribution >= 4 is 0 Å². The van der Waals surface area contributed by atoms with Crippen LogP contribution in [0.25, 0.3) is 0 Å². The molecule has 0 amide bonds. The van der Waals surface area contributed by atoms with Crippen LogP contribution < -0.4 is 0 Å². The summed E-state index contributed by atoms with van der Waals surface area (Å²) in [6.07, 6.45) is 9.11. The van der Waals surface area contributed by atoms with Gasteiger partial charge in [0.2, 0.25) is 0 Å². The summed E-state index contributed by atoms with van der Waals surface area (Å²) in [6, 6.07) is 0. The Morgan fingerprint density at radius 3 is 2.06 bits per heavy atom. The first-order chi connectivity index (χ1) is 15.2. The molecule has 2 N–H and O–H groups in total. The van der Waals surface area contributed by atoms with Crippen molar-refractivity contribution in [3.05, 3.63) is 28.7 Å². The fourth-order valence-corrected chi connectivity index (χ4v) is 3.46. The molecule has 0 radical (unpaired) electrons. The molecular weight excluding hydrogens is 414 g/mol. The first-order valence-corrected chi connectivity index (χ1v) is 11.2. The third-order valence-corrected chi connectivity index (χ3v) is 5.46. The van der Waals surface area contributed by atoms with E-state index in [4.69, 9.17) is 23.9 Å². The molecule has 0 fully saturated rings. The zero-order chi connectivity index (χ0) is 24.9. The second-order valence-corrected chi connectivity index (χ2v) is 7.95. The van der Waals surface area contributed by atoms with Gasteiger partial charge in [-0.3, -0.25) is 0 Å². The summed E-state index contributed by atoms with van der Waals surface area (Å²) in [5.74, 6) is 0.448. The van der Waals surface area contributed by atoms with Crippen LogP contribution in [0, 0.1) is 10.8 Å². The van der Waals surface area contributed by atoms with E-state index in [0.717, 1.165) is 31.3 Å². The van der Waals surface area contributed by atoms with Crippen LogP contribution in [0.3, 0.4) is 0 Å². The molecule has 6 atom stereocenters. The number of hydrogen-bond acceptors (Lipinski definition) is 8. The smallest absolute Gasteiger partial charge is 0.180 e. The average molecular weight is 462 g/mol. The minimum absolute atomic E-state index is 0.0752. The van der Waals surface area contributed by atoms with Crippen LogP contribution in [-0.2, 0) is 18.9 Å². The Balaban J connectivity index is 0. The van der Waals surface area contributed by atoms with Gasteiger partial charge in [0.05, 0.1) is 25.4 Å². The van der Waals surface area contributed by atoms with Gasteiger partial charge in [0, 0.05) is 34.9 Å². The van der Waals surface area contributed by atoms with Crippen molar-refractivity contribution in [2.24, 2.45) is 11.1 Å². The van der Waals surface area contributed by atoms with Crippen molar-refractivity contribution < 1.29 is 29.2 Å². The van der Waals surface area contributed by atoms with Crippen molar-refractivity contribution in [3.63, 3.8) is 0 Å². The van der Waals surface area contributed by atoms with Gasteiger partial charge in [0.1, 0.15) is 6.10 Å². The third kappa shape index (κ3) is 16.5. The Bertz CT molecular complexity index is 495. The fraction of sp³-hybridized carbons (Fsp3) is 0.833. The molecule has 0 aromatic rings. The zero-order valence-electron chi connectivity index (χ0n) is 21.3. The molecule has 6 unspecified atom stereocenters. The molecule has 0 aliphatic rings. The first-order valence-electron chi connectivity index (χ1n) is 11.2. The lowest BCUT2D eigenvalue weighted by molar-refractivity contribution is -0.164. The highest BCUT2D eigenvalue weighted by molar-refractivity contribution is 5.11. The van der Waals surface area contributed by atoms with E-state index in [9.17, 15) is 10.2 Å². The molecule has 0 spiro atoms. The van der Waals surface area contributed by atoms with E-state index in [1.165, 1.54) is 14.2 Å². The molecular formula is C24H47NO7. The summed E-state index contributed by atoms with van der Waals surface area (Å²) >= 11 is 0. The minimum atomic E-state index is -0.970. The number of ether oxygens (including phenoxy) is 4. The topological polar surface area (TPSA) is 107 Å². The summed E-state index contributed by atoms with van der Waals surface area (Å²) in [5, 5.41) is 22.2. The highest BCUT2D eigenvalue weighted by Gasteiger charge is 2.23. The van der Waals surface area contributed by atoms with Gasteiger partial charge < -0.3 is 29.2 Å². The number of nitrogens with zero attached hydrogens (tertiary/aromatic N) is 1. The van der Waals surface area contributed by atoms with Crippen molar-refractivity contribution in [1.29, 1.82) is 0 Å². The molecule has 32 heavy (non-hydrogen) atoms. The second kappa shape index (κ2) is 21.7. The number of allylic oxidation sites excluding steroid dienone is 2. The van der Waals surface area contributed by atoms with Crippen molar-refractivity contribution in [1.82, 2.24) is 0 Å². The van der Waals surface area contributed by atoms with E-state index < -0.39 is 12.4 Å². The quantitative estimate of drug-likeness (QED) is 0.189. The van der Waals surface area contributed by atoms with Gasteiger partial charge in [0.25, 0.3) is 0 Å². The molecule has 0 heterocycles. The molecule has 8 nitrogen and oxygen atoms in total. The standard InChI is InChI=1S/C23H44O6.CH3NO/c1-8-21(27-5)18(3)13-14-19(24)12-10-9-11-17(2)15-20(26-4)16-22(28-6)23(25)29-7;1-2-3/h9-11,18-25H,8,12-16H2,1-7H3;1H3/b10-9+,17-11+;. The van der Waals surface area contributed by atoms with Gasteiger partial charge in [-0.2, -0.15) is 4.91 Å². The van der Waals surface area contributed by atoms with Gasteiger partial charge in [-0.1, -0.05) is 42.8 Å². The predicted octanol–water partition coefficient (Wildman–Crippen LogP) is 4.24. The van der Waals surface area contributed by atoms with Crippen LogP contribution in [0.4, 0.5) is 0 Å². The van der Waals surface area contributed by atoms with E-state index in [1.54, 1.807) is 21.3 Å². The van der Waals surface area contributed by atoms with E-state index in [0.29, 0.717) is 18.8 Å². The largest absolute Gasteiger partial charge is 0.393 e. The third-order valence-electron chi connectivity index (χ3n) is 5.46. The van der Waals surface area contributed by atoms with Crippen LogP contribution in [0.15, 0.2) is 29.0 Å².